The Morgan fingerprint density at radius 1 is 1.09 bits per heavy atom. The zero-order valence-electron chi connectivity index (χ0n) is 24.8. The molecule has 0 aliphatic carbocycles. The fourth-order valence-corrected chi connectivity index (χ4v) is 5.90. The van der Waals surface area contributed by atoms with Gasteiger partial charge < -0.3 is 21.1 Å². The number of hydrogen-bond donors (Lipinski definition) is 3. The molecule has 0 unspecified atom stereocenters. The molecule has 5 rings (SSSR count). The van der Waals surface area contributed by atoms with Crippen LogP contribution < -0.4 is 11.1 Å². The standard InChI is InChI=1S/C29H32F7N7O3/c1-15-3-4-16(9-19(15)25(44)40-21-13-42(12-20(21)30)26(45)27(2,46)29(34,35)36)22-10-17(23-24(37)38-14-39-43(22)23)11-41-7-5-18(6-8-41)28(31,32)33/h3-4,9-10,14,18,20-21,46H,5-8,11-13H2,1-2H3,(H,40,44)(H2,37,38,39)/t20-,21+,27+/m0/s1. The third kappa shape index (κ3) is 6.34. The Labute approximate surface area is 258 Å². The summed E-state index contributed by atoms with van der Waals surface area (Å²) < 4.78 is 95.3. The van der Waals surface area contributed by atoms with Crippen LogP contribution in [0.4, 0.5) is 36.6 Å². The van der Waals surface area contributed by atoms with E-state index in [1.54, 1.807) is 25.1 Å². The first kappa shape index (κ1) is 33.4. The Balaban J connectivity index is 1.37. The second-order valence-corrected chi connectivity index (χ2v) is 12.0. The number of nitrogen functional groups attached to an aromatic ring is 1. The first-order chi connectivity index (χ1) is 21.4. The zero-order valence-corrected chi connectivity index (χ0v) is 24.8. The largest absolute Gasteiger partial charge is 0.426 e. The number of rotatable bonds is 6. The van der Waals surface area contributed by atoms with Crippen molar-refractivity contribution in [2.24, 2.45) is 5.92 Å². The molecule has 2 fully saturated rings. The lowest BCUT2D eigenvalue weighted by molar-refractivity contribution is -0.249. The third-order valence-electron chi connectivity index (χ3n) is 8.70. The number of halogens is 7. The van der Waals surface area contributed by atoms with Gasteiger partial charge >= 0.3 is 12.4 Å². The van der Waals surface area contributed by atoms with Crippen LogP contribution in [0.3, 0.4) is 0 Å². The smallest absolute Gasteiger partial charge is 0.382 e. The Hall–Kier alpha value is -3.99. The predicted molar refractivity (Wildman–Crippen MR) is 151 cm³/mol. The van der Waals surface area contributed by atoms with Gasteiger partial charge in [-0.25, -0.2) is 13.9 Å². The van der Waals surface area contributed by atoms with Crippen LogP contribution in [0, 0.1) is 12.8 Å². The number of benzene rings is 1. The van der Waals surface area contributed by atoms with E-state index in [9.17, 15) is 45.4 Å². The number of likely N-dealkylation sites (tertiary alicyclic amines) is 2. The van der Waals surface area contributed by atoms with Gasteiger partial charge in [0.1, 0.15) is 18.0 Å². The molecule has 3 aromatic rings. The molecule has 46 heavy (non-hydrogen) atoms. The molecule has 250 valence electrons. The molecule has 0 spiro atoms. The van der Waals surface area contributed by atoms with Crippen LogP contribution in [-0.4, -0.2) is 97.7 Å². The van der Waals surface area contributed by atoms with Crippen molar-refractivity contribution < 1.29 is 45.4 Å². The summed E-state index contributed by atoms with van der Waals surface area (Å²) >= 11 is 0. The lowest BCUT2D eigenvalue weighted by atomic mass is 9.96. The average Bonchev–Trinajstić information content (AvgIpc) is 3.52. The summed E-state index contributed by atoms with van der Waals surface area (Å²) in [6.45, 7) is 1.32. The Bertz CT molecular complexity index is 1630. The topological polar surface area (TPSA) is 129 Å². The van der Waals surface area contributed by atoms with E-state index >= 15 is 0 Å². The van der Waals surface area contributed by atoms with Crippen LogP contribution >= 0.6 is 0 Å². The number of aromatic nitrogens is 3. The van der Waals surface area contributed by atoms with Gasteiger partial charge in [0.25, 0.3) is 11.8 Å². The summed E-state index contributed by atoms with van der Waals surface area (Å²) in [6, 6.07) is 5.28. The Morgan fingerprint density at radius 3 is 2.39 bits per heavy atom. The van der Waals surface area contributed by atoms with Crippen molar-refractivity contribution in [1.29, 1.82) is 0 Å². The summed E-state index contributed by atoms with van der Waals surface area (Å²) in [4.78, 5) is 32.1. The van der Waals surface area contributed by atoms with E-state index in [-0.39, 0.29) is 50.8 Å². The molecule has 0 saturated carbocycles. The maximum atomic E-state index is 14.8. The molecule has 2 aromatic heterocycles. The van der Waals surface area contributed by atoms with Crippen LogP contribution in [0.1, 0.15) is 41.3 Å². The summed E-state index contributed by atoms with van der Waals surface area (Å²) in [5.41, 5.74) is 5.16. The van der Waals surface area contributed by atoms with Crippen molar-refractivity contribution in [3.63, 3.8) is 0 Å². The van der Waals surface area contributed by atoms with Gasteiger partial charge in [0.05, 0.1) is 24.2 Å². The molecule has 3 atom stereocenters. The van der Waals surface area contributed by atoms with Crippen molar-refractivity contribution in [2.45, 2.75) is 63.4 Å². The first-order valence-electron chi connectivity index (χ1n) is 14.4. The molecular formula is C29H32F7N7O3. The molecule has 0 bridgehead atoms. The highest BCUT2D eigenvalue weighted by atomic mass is 19.4. The van der Waals surface area contributed by atoms with Crippen LogP contribution in [0.15, 0.2) is 30.6 Å². The number of nitrogens with one attached hydrogen (secondary N) is 1. The van der Waals surface area contributed by atoms with Gasteiger partial charge in [-0.05, 0) is 63.0 Å². The molecule has 2 aliphatic rings. The lowest BCUT2D eigenvalue weighted by Gasteiger charge is -2.32. The van der Waals surface area contributed by atoms with Crippen molar-refractivity contribution in [3.8, 4) is 11.3 Å². The number of anilines is 1. The van der Waals surface area contributed by atoms with Crippen LogP contribution in [0.25, 0.3) is 16.8 Å². The Morgan fingerprint density at radius 2 is 1.76 bits per heavy atom. The van der Waals surface area contributed by atoms with Gasteiger partial charge in [0.15, 0.2) is 5.82 Å². The van der Waals surface area contributed by atoms with Crippen molar-refractivity contribution in [1.82, 2.24) is 29.7 Å². The monoisotopic (exact) mass is 659 g/mol. The number of fused-ring (bicyclic) bond motifs is 1. The first-order valence-corrected chi connectivity index (χ1v) is 14.4. The minimum atomic E-state index is -5.28. The molecule has 2 saturated heterocycles. The maximum Gasteiger partial charge on any atom is 0.426 e. The number of piperidine rings is 1. The third-order valence-corrected chi connectivity index (χ3v) is 8.70. The van der Waals surface area contributed by atoms with E-state index < -0.39 is 61.0 Å². The van der Waals surface area contributed by atoms with E-state index in [0.29, 0.717) is 32.8 Å². The highest BCUT2D eigenvalue weighted by Gasteiger charge is 2.58. The molecular weight excluding hydrogens is 627 g/mol. The molecule has 4 heterocycles. The van der Waals surface area contributed by atoms with Gasteiger partial charge in [-0.3, -0.25) is 14.5 Å². The molecule has 2 aliphatic heterocycles. The SMILES string of the molecule is Cc1ccc(-c2cc(CN3CCC(C(F)(F)F)CC3)c3c(N)ncnn23)cc1C(=O)N[C@@H]1CN(C(=O)[C@@](C)(O)C(F)(F)F)C[C@@H]1F. The zero-order chi connectivity index (χ0) is 33.8. The average molecular weight is 660 g/mol. The van der Waals surface area contributed by atoms with Crippen molar-refractivity contribution >= 4 is 23.1 Å². The molecule has 17 heteroatoms. The van der Waals surface area contributed by atoms with E-state index in [4.69, 9.17) is 5.73 Å². The summed E-state index contributed by atoms with van der Waals surface area (Å²) in [6.07, 6.45) is -10.2. The van der Waals surface area contributed by atoms with E-state index in [2.05, 4.69) is 15.4 Å². The van der Waals surface area contributed by atoms with E-state index in [0.717, 1.165) is 0 Å². The van der Waals surface area contributed by atoms with E-state index in [1.807, 2.05) is 4.90 Å². The van der Waals surface area contributed by atoms with Crippen LogP contribution in [0.5, 0.6) is 0 Å². The molecule has 10 nitrogen and oxygen atoms in total. The fourth-order valence-electron chi connectivity index (χ4n) is 5.90. The number of alkyl halides is 7. The highest BCUT2D eigenvalue weighted by Crippen LogP contribution is 2.36. The van der Waals surface area contributed by atoms with E-state index in [1.165, 1.54) is 16.9 Å². The van der Waals surface area contributed by atoms with Gasteiger partial charge in [0.2, 0.25) is 5.60 Å². The molecule has 0 radical (unpaired) electrons. The molecule has 2 amide bonds. The van der Waals surface area contributed by atoms with Crippen molar-refractivity contribution in [3.05, 3.63) is 47.3 Å². The number of amides is 2. The number of aryl methyl sites for hydroxylation is 1. The van der Waals surface area contributed by atoms with Gasteiger partial charge in [-0.2, -0.15) is 31.4 Å². The maximum absolute atomic E-state index is 14.8. The number of carbonyl (C=O) groups excluding carboxylic acids is 2. The minimum absolute atomic E-state index is 0.0289. The van der Waals surface area contributed by atoms with Crippen LogP contribution in [0.2, 0.25) is 0 Å². The molecule has 1 aromatic carbocycles. The fraction of sp³-hybridized carbons (Fsp3) is 0.517. The number of nitrogens with zero attached hydrogens (tertiary/aromatic N) is 5. The minimum Gasteiger partial charge on any atom is -0.382 e. The number of carbonyl (C=O) groups is 2. The lowest BCUT2D eigenvalue weighted by Crippen LogP contribution is -2.56. The highest BCUT2D eigenvalue weighted by molar-refractivity contribution is 5.97. The molecule has 4 N–H and O–H groups in total. The van der Waals surface area contributed by atoms with Gasteiger partial charge in [-0.1, -0.05) is 12.1 Å². The second-order valence-electron chi connectivity index (χ2n) is 12.0. The van der Waals surface area contributed by atoms with Crippen LogP contribution in [-0.2, 0) is 11.3 Å². The number of hydrogen-bond acceptors (Lipinski definition) is 7. The van der Waals surface area contributed by atoms with Gasteiger partial charge in [-0.15, -0.1) is 0 Å². The van der Waals surface area contributed by atoms with Crippen molar-refractivity contribution in [2.75, 3.05) is 31.9 Å². The summed E-state index contributed by atoms with van der Waals surface area (Å²) in [5.74, 6) is -3.68. The number of aliphatic hydroxyl groups is 1. The second kappa shape index (κ2) is 12.0. The Kier molecular flexibility index (Phi) is 8.70. The normalized spacial score (nSPS) is 21.5. The summed E-state index contributed by atoms with van der Waals surface area (Å²) in [7, 11) is 0. The predicted octanol–water partition coefficient (Wildman–Crippen LogP) is 3.65. The number of nitrogens with two attached hydrogens (primary N) is 1. The quantitative estimate of drug-likeness (QED) is 0.345. The van der Waals surface area contributed by atoms with Gasteiger partial charge in [0, 0.05) is 24.2 Å². The summed E-state index contributed by atoms with van der Waals surface area (Å²) in [5, 5.41) is 16.5.